The molecule has 2 aliphatic rings. The predicted octanol–water partition coefficient (Wildman–Crippen LogP) is 2.17. The lowest BCUT2D eigenvalue weighted by Crippen LogP contribution is -2.19. The number of rotatable bonds is 3. The molecule has 0 spiro atoms. The molecule has 0 aromatic heterocycles. The summed E-state index contributed by atoms with van der Waals surface area (Å²) in [6.07, 6.45) is 4.02. The minimum Gasteiger partial charge on any atom is -0.350 e. The first-order valence-electron chi connectivity index (χ1n) is 5.60. The first-order chi connectivity index (χ1) is 7.38. The van der Waals surface area contributed by atoms with Gasteiger partial charge in [0.25, 0.3) is 0 Å². The number of thioether (sulfide) groups is 1. The van der Waals surface area contributed by atoms with E-state index in [1.165, 1.54) is 24.3 Å². The van der Waals surface area contributed by atoms with E-state index in [4.69, 9.17) is 14.7 Å². The van der Waals surface area contributed by atoms with Crippen LogP contribution in [0.15, 0.2) is 0 Å². The van der Waals surface area contributed by atoms with Gasteiger partial charge in [0.05, 0.1) is 25.2 Å². The zero-order chi connectivity index (χ0) is 10.5. The van der Waals surface area contributed by atoms with Crippen molar-refractivity contribution in [3.8, 4) is 6.07 Å². The van der Waals surface area contributed by atoms with Crippen molar-refractivity contribution in [3.05, 3.63) is 0 Å². The maximum absolute atomic E-state index is 8.55. The summed E-state index contributed by atoms with van der Waals surface area (Å²) in [6.45, 7) is 0.597. The molecule has 2 heterocycles. The second-order valence-corrected chi connectivity index (χ2v) is 5.40. The summed E-state index contributed by atoms with van der Waals surface area (Å²) in [5.41, 5.74) is 0. The van der Waals surface area contributed by atoms with Crippen LogP contribution in [0.2, 0.25) is 0 Å². The summed E-state index contributed by atoms with van der Waals surface area (Å²) < 4.78 is 11.2. The predicted molar refractivity (Wildman–Crippen MR) is 59.5 cm³/mol. The normalized spacial score (nSPS) is 32.7. The van der Waals surface area contributed by atoms with Crippen molar-refractivity contribution in [1.29, 1.82) is 5.26 Å². The molecule has 0 aromatic carbocycles. The molecule has 0 N–H and O–H groups in total. The molecule has 0 saturated carbocycles. The second-order valence-electron chi connectivity index (χ2n) is 4.17. The van der Waals surface area contributed by atoms with Gasteiger partial charge in [-0.1, -0.05) is 0 Å². The van der Waals surface area contributed by atoms with E-state index >= 15 is 0 Å². The summed E-state index contributed by atoms with van der Waals surface area (Å²) in [4.78, 5) is 0. The van der Waals surface area contributed by atoms with Crippen LogP contribution in [-0.2, 0) is 9.47 Å². The van der Waals surface area contributed by atoms with E-state index in [0.717, 1.165) is 12.3 Å². The molecular formula is C11H17NO2S. The number of nitriles is 1. The molecule has 0 amide bonds. The third-order valence-corrected chi connectivity index (χ3v) is 4.05. The Balaban J connectivity index is 1.69. The van der Waals surface area contributed by atoms with Crippen LogP contribution in [0.4, 0.5) is 0 Å². The van der Waals surface area contributed by atoms with E-state index in [1.54, 1.807) is 0 Å². The third-order valence-electron chi connectivity index (χ3n) is 3.00. The van der Waals surface area contributed by atoms with E-state index < -0.39 is 0 Å². The van der Waals surface area contributed by atoms with Crippen LogP contribution in [0, 0.1) is 17.2 Å². The largest absolute Gasteiger partial charge is 0.350 e. The molecule has 15 heavy (non-hydrogen) atoms. The maximum atomic E-state index is 8.55. The highest BCUT2D eigenvalue weighted by atomic mass is 32.2. The molecule has 2 atom stereocenters. The Hall–Kier alpha value is -0.240. The summed E-state index contributed by atoms with van der Waals surface area (Å²) in [7, 11) is 0. The van der Waals surface area contributed by atoms with Gasteiger partial charge in [0.2, 0.25) is 0 Å². The first-order valence-corrected chi connectivity index (χ1v) is 6.75. The Labute approximate surface area is 95.1 Å². The summed E-state index contributed by atoms with van der Waals surface area (Å²) >= 11 is 2.04. The molecule has 2 unspecified atom stereocenters. The fourth-order valence-corrected chi connectivity index (χ4v) is 3.30. The number of hydrogen-bond acceptors (Lipinski definition) is 4. The van der Waals surface area contributed by atoms with Crippen molar-refractivity contribution < 1.29 is 9.47 Å². The summed E-state index contributed by atoms with van der Waals surface area (Å²) in [5, 5.41) is 8.55. The van der Waals surface area contributed by atoms with Crippen LogP contribution >= 0.6 is 11.8 Å². The number of ether oxygens (including phenoxy) is 2. The second kappa shape index (κ2) is 5.74. The average molecular weight is 227 g/mol. The van der Waals surface area contributed by atoms with Gasteiger partial charge in [0.15, 0.2) is 6.29 Å². The van der Waals surface area contributed by atoms with Crippen molar-refractivity contribution >= 4 is 11.8 Å². The molecule has 2 aliphatic heterocycles. The van der Waals surface area contributed by atoms with Gasteiger partial charge in [0.1, 0.15) is 0 Å². The van der Waals surface area contributed by atoms with Crippen LogP contribution in [-0.4, -0.2) is 30.5 Å². The van der Waals surface area contributed by atoms with Gasteiger partial charge in [-0.2, -0.15) is 17.0 Å². The minimum atomic E-state index is -0.0450. The van der Waals surface area contributed by atoms with Crippen molar-refractivity contribution in [2.75, 3.05) is 18.1 Å². The first kappa shape index (κ1) is 11.3. The zero-order valence-corrected chi connectivity index (χ0v) is 9.67. The van der Waals surface area contributed by atoms with Crippen LogP contribution in [0.3, 0.4) is 0 Å². The lowest BCUT2D eigenvalue weighted by atomic mass is 9.99. The van der Waals surface area contributed by atoms with Crippen molar-refractivity contribution in [1.82, 2.24) is 0 Å². The molecule has 0 aromatic rings. The molecule has 2 saturated heterocycles. The molecule has 0 radical (unpaired) electrons. The van der Waals surface area contributed by atoms with Gasteiger partial charge < -0.3 is 9.47 Å². The molecule has 2 rings (SSSR count). The van der Waals surface area contributed by atoms with E-state index in [1.807, 2.05) is 11.8 Å². The average Bonchev–Trinajstić information content (AvgIpc) is 2.68. The fourth-order valence-electron chi connectivity index (χ4n) is 2.09. The van der Waals surface area contributed by atoms with Gasteiger partial charge >= 0.3 is 0 Å². The van der Waals surface area contributed by atoms with Crippen LogP contribution in [0.5, 0.6) is 0 Å². The molecule has 0 bridgehead atoms. The van der Waals surface area contributed by atoms with Crippen molar-refractivity contribution in [2.45, 2.75) is 38.1 Å². The molecule has 3 nitrogen and oxygen atoms in total. The highest BCUT2D eigenvalue weighted by Crippen LogP contribution is 2.29. The fraction of sp³-hybridized carbons (Fsp3) is 0.909. The van der Waals surface area contributed by atoms with Crippen LogP contribution in [0.1, 0.15) is 25.7 Å². The van der Waals surface area contributed by atoms with Gasteiger partial charge in [0, 0.05) is 6.42 Å². The third kappa shape index (κ3) is 3.37. The lowest BCUT2D eigenvalue weighted by molar-refractivity contribution is -0.0710. The number of nitrogens with zero attached hydrogens (tertiary/aromatic N) is 1. The van der Waals surface area contributed by atoms with Crippen LogP contribution in [0.25, 0.3) is 0 Å². The van der Waals surface area contributed by atoms with E-state index in [-0.39, 0.29) is 12.4 Å². The Morgan fingerprint density at radius 1 is 1.33 bits per heavy atom. The van der Waals surface area contributed by atoms with Gasteiger partial charge in [-0.05, 0) is 30.3 Å². The van der Waals surface area contributed by atoms with E-state index in [9.17, 15) is 0 Å². The van der Waals surface area contributed by atoms with E-state index in [2.05, 4.69) is 6.07 Å². The molecule has 84 valence electrons. The highest BCUT2D eigenvalue weighted by molar-refractivity contribution is 7.99. The molecule has 2 fully saturated rings. The molecule has 4 heteroatoms. The standard InChI is InChI=1S/C11H17NO2S/c12-4-1-10-8-13-11(14-10)7-9-2-5-15-6-3-9/h9-11H,1-3,5-8H2. The topological polar surface area (TPSA) is 42.2 Å². The van der Waals surface area contributed by atoms with Gasteiger partial charge in [-0.3, -0.25) is 0 Å². The molecular weight excluding hydrogens is 210 g/mol. The van der Waals surface area contributed by atoms with Gasteiger partial charge in [-0.15, -0.1) is 0 Å². The van der Waals surface area contributed by atoms with E-state index in [0.29, 0.717) is 13.0 Å². The zero-order valence-electron chi connectivity index (χ0n) is 8.85. The number of hydrogen-bond donors (Lipinski definition) is 0. The van der Waals surface area contributed by atoms with Crippen LogP contribution < -0.4 is 0 Å². The highest BCUT2D eigenvalue weighted by Gasteiger charge is 2.28. The van der Waals surface area contributed by atoms with Crippen molar-refractivity contribution in [2.24, 2.45) is 5.92 Å². The summed E-state index contributed by atoms with van der Waals surface area (Å²) in [6, 6.07) is 2.13. The Morgan fingerprint density at radius 3 is 2.87 bits per heavy atom. The van der Waals surface area contributed by atoms with Crippen molar-refractivity contribution in [3.63, 3.8) is 0 Å². The Bertz CT molecular complexity index is 235. The quantitative estimate of drug-likeness (QED) is 0.741. The minimum absolute atomic E-state index is 0.0120. The molecule has 0 aliphatic carbocycles. The smallest absolute Gasteiger partial charge is 0.158 e. The lowest BCUT2D eigenvalue weighted by Gasteiger charge is -2.23. The van der Waals surface area contributed by atoms with Gasteiger partial charge in [-0.25, -0.2) is 0 Å². The Kier molecular flexibility index (Phi) is 4.30. The monoisotopic (exact) mass is 227 g/mol. The SMILES string of the molecule is N#CCC1COC(CC2CCSCC2)O1. The summed E-state index contributed by atoms with van der Waals surface area (Å²) in [5.74, 6) is 3.31. The Morgan fingerprint density at radius 2 is 2.13 bits per heavy atom. The maximum Gasteiger partial charge on any atom is 0.158 e.